The first-order valence-corrected chi connectivity index (χ1v) is 43.8. The molecule has 0 heterocycles. The Balaban J connectivity index is 5.39. The van der Waals surface area contributed by atoms with Crippen LogP contribution < -0.4 is 0 Å². The summed E-state index contributed by atoms with van der Waals surface area (Å²) in [6.45, 7) is 4.58. The van der Waals surface area contributed by atoms with Crippen molar-refractivity contribution in [2.75, 3.05) is 39.6 Å². The van der Waals surface area contributed by atoms with E-state index in [1.807, 2.05) is 12.2 Å². The zero-order valence-corrected chi connectivity index (χ0v) is 67.2. The highest BCUT2D eigenvalue weighted by molar-refractivity contribution is 7.47. The third-order valence-corrected chi connectivity index (χ3v) is 18.8. The topological polar surface area (TPSA) is 237 Å². The predicted molar refractivity (Wildman–Crippen MR) is 427 cm³/mol. The van der Waals surface area contributed by atoms with Crippen LogP contribution in [0.15, 0.2) is 122 Å². The number of rotatable bonds is 76. The van der Waals surface area contributed by atoms with Gasteiger partial charge in [-0.25, -0.2) is 9.13 Å². The minimum atomic E-state index is -4.99. The molecule has 0 radical (unpaired) electrons. The molecule has 0 aromatic rings. The van der Waals surface area contributed by atoms with Crippen LogP contribution in [0.4, 0.5) is 0 Å². The summed E-state index contributed by atoms with van der Waals surface area (Å²) in [7, 11) is -9.98. The van der Waals surface area contributed by atoms with Crippen molar-refractivity contribution >= 4 is 39.5 Å². The largest absolute Gasteiger partial charge is 0.472 e. The monoisotopic (exact) mass is 1500 g/mol. The number of aliphatic hydroxyl groups is 1. The maximum Gasteiger partial charge on any atom is 0.472 e. The maximum atomic E-state index is 13.1. The molecular formula is C85H146O17P2. The third-order valence-electron chi connectivity index (χ3n) is 16.9. The van der Waals surface area contributed by atoms with Gasteiger partial charge in [-0.3, -0.25) is 37.3 Å². The molecule has 0 aliphatic rings. The molecular weight excluding hydrogens is 1350 g/mol. The molecule has 0 bridgehead atoms. The highest BCUT2D eigenvalue weighted by Gasteiger charge is 2.30. The number of esters is 4. The first kappa shape index (κ1) is 99.5. The smallest absolute Gasteiger partial charge is 0.462 e. The standard InChI is InChI=1S/C85H146O17P2/c1-5-9-13-17-21-25-29-33-36-38-39-41-44-47-50-54-58-62-66-70-83(88)95-75-80(101-84(89)71-67-63-59-55-51-45-32-28-24-20-16-12-8-4)77-99-103(91,92)97-73-79(86)74-98-104(93,94)100-78-81(102-85(90)72-68-64-60-56-52-48-42-35-31-27-23-19-15-11-7-3)76-96-82(87)69-65-61-57-53-49-46-43-40-37-34-30-26-22-18-14-10-6-2/h9-10,13-14,21-22,25-26,28,32-34,36-37,39,41,43,46,53,57,79-81,86H,5-8,11-12,15-20,23-24,27,29-31,35,38,40,42,44-45,47-52,54-56,58-78H2,1-4H3,(H,91,92)(H,93,94)/b13-9-,14-10-,25-21-,26-22-,32-28-,36-33-,37-34-,41-39-,46-43-,57-53-. The molecule has 0 rings (SSSR count). The normalized spacial score (nSPS) is 14.5. The maximum absolute atomic E-state index is 13.1. The number of phosphoric ester groups is 2. The molecule has 5 unspecified atom stereocenters. The molecule has 104 heavy (non-hydrogen) atoms. The van der Waals surface area contributed by atoms with Crippen LogP contribution in [-0.2, 0) is 65.4 Å². The summed E-state index contributed by atoms with van der Waals surface area (Å²) in [6.07, 6.45) is 84.6. The van der Waals surface area contributed by atoms with E-state index in [0.29, 0.717) is 32.1 Å². The summed E-state index contributed by atoms with van der Waals surface area (Å²) in [5.74, 6) is -2.25. The highest BCUT2D eigenvalue weighted by Crippen LogP contribution is 2.45. The van der Waals surface area contributed by atoms with E-state index in [0.717, 1.165) is 161 Å². The van der Waals surface area contributed by atoms with Gasteiger partial charge in [0.1, 0.15) is 19.3 Å². The van der Waals surface area contributed by atoms with Gasteiger partial charge in [0.15, 0.2) is 12.2 Å². The number of phosphoric acid groups is 2. The van der Waals surface area contributed by atoms with Crippen LogP contribution in [0.5, 0.6) is 0 Å². The van der Waals surface area contributed by atoms with Crippen molar-refractivity contribution in [3.05, 3.63) is 122 Å². The number of hydrogen-bond donors (Lipinski definition) is 3. The molecule has 0 aromatic carbocycles. The van der Waals surface area contributed by atoms with Gasteiger partial charge in [0.05, 0.1) is 26.4 Å². The summed E-state index contributed by atoms with van der Waals surface area (Å²) < 4.78 is 68.6. The predicted octanol–water partition coefficient (Wildman–Crippen LogP) is 23.9. The minimum Gasteiger partial charge on any atom is -0.462 e. The highest BCUT2D eigenvalue weighted by atomic mass is 31.2. The van der Waals surface area contributed by atoms with Gasteiger partial charge in [0, 0.05) is 25.7 Å². The molecule has 0 aliphatic carbocycles. The molecule has 0 amide bonds. The molecule has 3 N–H and O–H groups in total. The molecule has 17 nitrogen and oxygen atoms in total. The van der Waals surface area contributed by atoms with E-state index in [2.05, 4.69) is 137 Å². The van der Waals surface area contributed by atoms with Crippen molar-refractivity contribution in [2.45, 2.75) is 354 Å². The summed E-state index contributed by atoms with van der Waals surface area (Å²) in [5, 5.41) is 10.6. The second-order valence-electron chi connectivity index (χ2n) is 27.0. The van der Waals surface area contributed by atoms with Crippen LogP contribution in [-0.4, -0.2) is 96.7 Å². The Morgan fingerprint density at radius 3 is 0.827 bits per heavy atom. The lowest BCUT2D eigenvalue weighted by Gasteiger charge is -2.21. The zero-order valence-electron chi connectivity index (χ0n) is 65.4. The Morgan fingerprint density at radius 1 is 0.279 bits per heavy atom. The van der Waals surface area contributed by atoms with E-state index in [4.69, 9.17) is 37.0 Å². The van der Waals surface area contributed by atoms with Gasteiger partial charge in [-0.05, 0) is 128 Å². The fourth-order valence-corrected chi connectivity index (χ4v) is 12.4. The molecule has 0 saturated carbocycles. The number of allylic oxidation sites excluding steroid dienone is 20. The van der Waals surface area contributed by atoms with E-state index in [1.165, 1.54) is 89.9 Å². The van der Waals surface area contributed by atoms with Gasteiger partial charge in [-0.1, -0.05) is 303 Å². The molecule has 19 heteroatoms. The van der Waals surface area contributed by atoms with Crippen LogP contribution in [0.25, 0.3) is 0 Å². The minimum absolute atomic E-state index is 0.0791. The summed E-state index contributed by atoms with van der Waals surface area (Å²) >= 11 is 0. The van der Waals surface area contributed by atoms with Crippen LogP contribution in [0, 0.1) is 0 Å². The van der Waals surface area contributed by atoms with E-state index >= 15 is 0 Å². The zero-order chi connectivity index (χ0) is 76.0. The summed E-state index contributed by atoms with van der Waals surface area (Å²) in [5.41, 5.74) is 0. The Hall–Kier alpha value is -4.54. The SMILES string of the molecule is CC/C=C\C/C=C\C/C=C\C/C=C\C/C=C\CCCC(=O)OCC(COP(=O)(O)OCC(O)COP(=O)(O)OCC(COC(=O)CCCCCCCC/C=C\C/C=C\C/C=C\C/C=C\CC)OC(=O)CCCCCCC/C=C\CCCCCC)OC(=O)CCCCCCCCCCCCCCCCC. The number of hydrogen-bond acceptors (Lipinski definition) is 15. The second-order valence-corrected chi connectivity index (χ2v) is 29.9. The fraction of sp³-hybridized carbons (Fsp3) is 0.718. The Morgan fingerprint density at radius 2 is 0.510 bits per heavy atom. The molecule has 0 fully saturated rings. The summed E-state index contributed by atoms with van der Waals surface area (Å²) in [4.78, 5) is 73.0. The van der Waals surface area contributed by atoms with Crippen molar-refractivity contribution < 1.29 is 80.2 Å². The van der Waals surface area contributed by atoms with Crippen LogP contribution >= 0.6 is 15.6 Å². The van der Waals surface area contributed by atoms with E-state index < -0.39 is 97.5 Å². The molecule has 0 spiro atoms. The van der Waals surface area contributed by atoms with Gasteiger partial charge in [-0.15, -0.1) is 0 Å². The Kier molecular flexibility index (Phi) is 73.3. The first-order valence-electron chi connectivity index (χ1n) is 40.8. The van der Waals surface area contributed by atoms with Crippen LogP contribution in [0.3, 0.4) is 0 Å². The van der Waals surface area contributed by atoms with Crippen molar-refractivity contribution in [3.8, 4) is 0 Å². The van der Waals surface area contributed by atoms with Crippen LogP contribution in [0.2, 0.25) is 0 Å². The van der Waals surface area contributed by atoms with Crippen molar-refractivity contribution in [1.82, 2.24) is 0 Å². The molecule has 0 aromatic heterocycles. The lowest BCUT2D eigenvalue weighted by molar-refractivity contribution is -0.161. The van der Waals surface area contributed by atoms with Gasteiger partial charge >= 0.3 is 39.5 Å². The molecule has 0 aliphatic heterocycles. The van der Waals surface area contributed by atoms with Crippen molar-refractivity contribution in [1.29, 1.82) is 0 Å². The number of carbonyl (C=O) groups is 4. The van der Waals surface area contributed by atoms with Gasteiger partial charge < -0.3 is 33.8 Å². The van der Waals surface area contributed by atoms with E-state index in [1.54, 1.807) is 0 Å². The third kappa shape index (κ3) is 75.7. The first-order chi connectivity index (χ1) is 50.7. The Labute approximate surface area is 632 Å². The molecule has 5 atom stereocenters. The number of ether oxygens (including phenoxy) is 4. The fourth-order valence-electron chi connectivity index (χ4n) is 10.8. The lowest BCUT2D eigenvalue weighted by Crippen LogP contribution is -2.30. The quantitative estimate of drug-likeness (QED) is 0.0169. The second kappa shape index (κ2) is 76.6. The number of carbonyl (C=O) groups excluding carboxylic acids is 4. The number of aliphatic hydroxyl groups excluding tert-OH is 1. The average molecular weight is 1500 g/mol. The molecule has 598 valence electrons. The van der Waals surface area contributed by atoms with Gasteiger partial charge in [-0.2, -0.15) is 0 Å². The number of unbranched alkanes of at least 4 members (excludes halogenated alkanes) is 30. The van der Waals surface area contributed by atoms with Crippen molar-refractivity contribution in [3.63, 3.8) is 0 Å². The lowest BCUT2D eigenvalue weighted by atomic mass is 10.0. The average Bonchev–Trinajstić information content (AvgIpc) is 0.939. The molecule has 0 saturated heterocycles. The van der Waals surface area contributed by atoms with E-state index in [9.17, 15) is 43.2 Å². The van der Waals surface area contributed by atoms with E-state index in [-0.39, 0.29) is 25.7 Å². The van der Waals surface area contributed by atoms with Gasteiger partial charge in [0.2, 0.25) is 0 Å². The Bertz CT molecular complexity index is 2440. The van der Waals surface area contributed by atoms with Crippen molar-refractivity contribution in [2.24, 2.45) is 0 Å². The summed E-state index contributed by atoms with van der Waals surface area (Å²) in [6, 6.07) is 0. The van der Waals surface area contributed by atoms with Crippen LogP contribution in [0.1, 0.15) is 336 Å². The van der Waals surface area contributed by atoms with Gasteiger partial charge in [0.25, 0.3) is 0 Å².